The molecule has 1 atom stereocenters. The number of likely N-dealkylation sites (tertiary alicyclic amines) is 1. The van der Waals surface area contributed by atoms with Crippen LogP contribution in [0.1, 0.15) is 30.0 Å². The molecule has 10 heteroatoms. The van der Waals surface area contributed by atoms with Crippen LogP contribution in [0.5, 0.6) is 0 Å². The Morgan fingerprint density at radius 1 is 1.27 bits per heavy atom. The van der Waals surface area contributed by atoms with E-state index in [-0.39, 0.29) is 24.7 Å². The monoisotopic (exact) mass is 394 g/mol. The third kappa shape index (κ3) is 4.54. The van der Waals surface area contributed by atoms with Crippen molar-refractivity contribution in [3.63, 3.8) is 0 Å². The summed E-state index contributed by atoms with van der Waals surface area (Å²) in [5.74, 6) is -1.36. The van der Waals surface area contributed by atoms with Crippen LogP contribution in [0.4, 0.5) is 13.2 Å². The molecule has 1 unspecified atom stereocenters. The molecule has 1 aromatic rings. The number of halogens is 3. The number of sulfonamides is 1. The van der Waals surface area contributed by atoms with Crippen LogP contribution < -0.4 is 0 Å². The quantitative estimate of drug-likeness (QED) is 0.828. The Bertz CT molecular complexity index is 759. The van der Waals surface area contributed by atoms with E-state index in [0.717, 1.165) is 12.3 Å². The maximum Gasteiger partial charge on any atom is 0.416 e. The molecule has 0 aliphatic carbocycles. The van der Waals surface area contributed by atoms with Crippen LogP contribution >= 0.6 is 0 Å². The van der Waals surface area contributed by atoms with Gasteiger partial charge in [-0.25, -0.2) is 12.7 Å². The third-order valence-corrected chi connectivity index (χ3v) is 6.04. The number of carbonyl (C=O) groups is 1. The van der Waals surface area contributed by atoms with Crippen LogP contribution in [-0.4, -0.2) is 61.1 Å². The Balaban J connectivity index is 2.25. The number of aliphatic carboxylic acids is 1. The maximum absolute atomic E-state index is 13.3. The van der Waals surface area contributed by atoms with Gasteiger partial charge in [0.05, 0.1) is 11.8 Å². The summed E-state index contributed by atoms with van der Waals surface area (Å²) in [6, 6.07) is 2.92. The number of piperidine rings is 1. The SMILES string of the molecule is CN(C1CCN(C(C(=O)O)c2ccccc2C(F)(F)F)CC1)S(C)(=O)=O. The lowest BCUT2D eigenvalue weighted by molar-refractivity contribution is -0.146. The van der Waals surface area contributed by atoms with E-state index in [4.69, 9.17) is 0 Å². The first-order chi connectivity index (χ1) is 11.9. The van der Waals surface area contributed by atoms with E-state index >= 15 is 0 Å². The Morgan fingerprint density at radius 3 is 2.27 bits per heavy atom. The predicted octanol–water partition coefficient (Wildman–Crippen LogP) is 2.19. The molecule has 0 radical (unpaired) electrons. The Labute approximate surface area is 150 Å². The summed E-state index contributed by atoms with van der Waals surface area (Å²) >= 11 is 0. The number of hydrogen-bond donors (Lipinski definition) is 1. The molecule has 1 aliphatic rings. The molecule has 1 heterocycles. The molecule has 0 spiro atoms. The predicted molar refractivity (Wildman–Crippen MR) is 89.0 cm³/mol. The zero-order valence-electron chi connectivity index (χ0n) is 14.4. The number of nitrogens with zero attached hydrogens (tertiary/aromatic N) is 2. The number of hydrogen-bond acceptors (Lipinski definition) is 4. The van der Waals surface area contributed by atoms with E-state index in [0.29, 0.717) is 12.8 Å². The second-order valence-electron chi connectivity index (χ2n) is 6.37. The summed E-state index contributed by atoms with van der Waals surface area (Å²) in [7, 11) is -1.94. The molecular weight excluding hydrogens is 373 g/mol. The van der Waals surface area contributed by atoms with Gasteiger partial charge < -0.3 is 5.11 Å². The molecule has 0 amide bonds. The second-order valence-corrected chi connectivity index (χ2v) is 8.41. The lowest BCUT2D eigenvalue weighted by Crippen LogP contribution is -2.47. The number of carboxylic acid groups (broad SMARTS) is 1. The first kappa shape index (κ1) is 20.7. The zero-order valence-corrected chi connectivity index (χ0v) is 15.2. The maximum atomic E-state index is 13.3. The Hall–Kier alpha value is -1.65. The van der Waals surface area contributed by atoms with E-state index in [2.05, 4.69) is 0 Å². The van der Waals surface area contributed by atoms with E-state index in [1.165, 1.54) is 34.5 Å². The van der Waals surface area contributed by atoms with Crippen LogP contribution in [0.3, 0.4) is 0 Å². The minimum atomic E-state index is -4.65. The second kappa shape index (κ2) is 7.53. The van der Waals surface area contributed by atoms with Crippen molar-refractivity contribution in [1.82, 2.24) is 9.21 Å². The van der Waals surface area contributed by atoms with Gasteiger partial charge in [0.2, 0.25) is 10.0 Å². The van der Waals surface area contributed by atoms with Gasteiger partial charge in [-0.05, 0) is 24.5 Å². The molecule has 0 aromatic heterocycles. The highest BCUT2D eigenvalue weighted by atomic mass is 32.2. The van der Waals surface area contributed by atoms with Crippen molar-refractivity contribution in [2.24, 2.45) is 0 Å². The first-order valence-corrected chi connectivity index (χ1v) is 9.83. The van der Waals surface area contributed by atoms with Crippen molar-refractivity contribution in [3.8, 4) is 0 Å². The van der Waals surface area contributed by atoms with Crippen LogP contribution in [-0.2, 0) is 21.0 Å². The summed E-state index contributed by atoms with van der Waals surface area (Å²) in [5.41, 5.74) is -1.27. The van der Waals surface area contributed by atoms with Gasteiger partial charge in [-0.15, -0.1) is 0 Å². The van der Waals surface area contributed by atoms with Crippen LogP contribution in [0.2, 0.25) is 0 Å². The van der Waals surface area contributed by atoms with Gasteiger partial charge in [-0.1, -0.05) is 18.2 Å². The summed E-state index contributed by atoms with van der Waals surface area (Å²) in [6.45, 7) is 0.376. The normalized spacial score (nSPS) is 18.8. The molecule has 0 saturated carbocycles. The van der Waals surface area contributed by atoms with E-state index in [9.17, 15) is 31.5 Å². The molecule has 26 heavy (non-hydrogen) atoms. The molecule has 2 rings (SSSR count). The highest BCUT2D eigenvalue weighted by molar-refractivity contribution is 7.88. The number of alkyl halides is 3. The van der Waals surface area contributed by atoms with E-state index in [1.54, 1.807) is 0 Å². The molecular formula is C16H21F3N2O4S. The van der Waals surface area contributed by atoms with Gasteiger partial charge >= 0.3 is 12.1 Å². The number of rotatable bonds is 5. The molecule has 1 aliphatic heterocycles. The highest BCUT2D eigenvalue weighted by Crippen LogP contribution is 2.37. The fraction of sp³-hybridized carbons (Fsp3) is 0.562. The smallest absolute Gasteiger partial charge is 0.416 e. The van der Waals surface area contributed by atoms with Crippen LogP contribution in [0.15, 0.2) is 24.3 Å². The lowest BCUT2D eigenvalue weighted by atomic mass is 9.95. The summed E-state index contributed by atoms with van der Waals surface area (Å²) in [6.07, 6.45) is -2.87. The van der Waals surface area contributed by atoms with Gasteiger partial charge in [-0.3, -0.25) is 9.69 Å². The van der Waals surface area contributed by atoms with Gasteiger partial charge in [0.25, 0.3) is 0 Å². The Kier molecular flexibility index (Phi) is 5.99. The molecule has 1 aromatic carbocycles. The minimum absolute atomic E-state index is 0.188. The third-order valence-electron chi connectivity index (χ3n) is 4.70. The summed E-state index contributed by atoms with van der Waals surface area (Å²) < 4.78 is 64.2. The van der Waals surface area contributed by atoms with Crippen LogP contribution in [0.25, 0.3) is 0 Å². The van der Waals surface area contributed by atoms with Crippen molar-refractivity contribution in [2.45, 2.75) is 31.1 Å². The average Bonchev–Trinajstić information content (AvgIpc) is 2.53. The van der Waals surface area contributed by atoms with Crippen molar-refractivity contribution in [2.75, 3.05) is 26.4 Å². The zero-order chi connectivity index (χ0) is 19.7. The largest absolute Gasteiger partial charge is 0.480 e. The van der Waals surface area contributed by atoms with Gasteiger partial charge in [0.15, 0.2) is 0 Å². The lowest BCUT2D eigenvalue weighted by Gasteiger charge is -2.38. The van der Waals surface area contributed by atoms with E-state index < -0.39 is 33.8 Å². The topological polar surface area (TPSA) is 77.9 Å². The fourth-order valence-electron chi connectivity index (χ4n) is 3.26. The molecule has 1 N–H and O–H groups in total. The van der Waals surface area contributed by atoms with Gasteiger partial charge in [0.1, 0.15) is 6.04 Å². The molecule has 6 nitrogen and oxygen atoms in total. The molecule has 0 bridgehead atoms. The van der Waals surface area contributed by atoms with Crippen LogP contribution in [0, 0.1) is 0 Å². The standard InChI is InChI=1S/C16H21F3N2O4S/c1-20(26(2,24)25)11-7-9-21(10-8-11)14(15(22)23)12-5-3-4-6-13(12)16(17,18)19/h3-6,11,14H,7-10H2,1-2H3,(H,22,23). The number of carboxylic acids is 1. The van der Waals surface area contributed by atoms with Crippen molar-refractivity contribution in [3.05, 3.63) is 35.4 Å². The highest BCUT2D eigenvalue weighted by Gasteiger charge is 2.40. The van der Waals surface area contributed by atoms with Gasteiger partial charge in [0, 0.05) is 26.2 Å². The molecule has 1 saturated heterocycles. The fourth-order valence-corrected chi connectivity index (χ4v) is 4.01. The number of benzene rings is 1. The summed E-state index contributed by atoms with van der Waals surface area (Å²) in [4.78, 5) is 13.2. The Morgan fingerprint density at radius 2 is 1.81 bits per heavy atom. The van der Waals surface area contributed by atoms with E-state index in [1.807, 2.05) is 0 Å². The minimum Gasteiger partial charge on any atom is -0.480 e. The average molecular weight is 394 g/mol. The van der Waals surface area contributed by atoms with Crippen molar-refractivity contribution >= 4 is 16.0 Å². The van der Waals surface area contributed by atoms with Crippen molar-refractivity contribution < 1.29 is 31.5 Å². The summed E-state index contributed by atoms with van der Waals surface area (Å²) in [5, 5.41) is 9.56. The molecule has 1 fully saturated rings. The van der Waals surface area contributed by atoms with Crippen molar-refractivity contribution in [1.29, 1.82) is 0 Å². The first-order valence-electron chi connectivity index (χ1n) is 7.99. The van der Waals surface area contributed by atoms with Gasteiger partial charge in [-0.2, -0.15) is 13.2 Å². The molecule has 146 valence electrons.